The smallest absolute Gasteiger partial charge is 0.270 e. The first kappa shape index (κ1) is 21.3. The number of carbonyl (C=O) groups excluding carboxylic acids is 1. The van der Waals surface area contributed by atoms with Crippen molar-refractivity contribution in [3.05, 3.63) is 60.0 Å². The summed E-state index contributed by atoms with van der Waals surface area (Å²) in [6.45, 7) is 8.66. The van der Waals surface area contributed by atoms with E-state index in [-0.39, 0.29) is 11.9 Å². The Bertz CT molecular complexity index is 1210. The Morgan fingerprint density at radius 1 is 1.15 bits per heavy atom. The Morgan fingerprint density at radius 2 is 2.00 bits per heavy atom. The molecule has 1 atom stereocenters. The van der Waals surface area contributed by atoms with Crippen molar-refractivity contribution >= 4 is 34.2 Å². The van der Waals surface area contributed by atoms with Gasteiger partial charge >= 0.3 is 0 Å². The molecule has 0 spiro atoms. The van der Waals surface area contributed by atoms with Crippen LogP contribution in [0.3, 0.4) is 0 Å². The Hall–Kier alpha value is -3.52. The number of rotatable bonds is 4. The van der Waals surface area contributed by atoms with Crippen molar-refractivity contribution in [1.82, 2.24) is 19.8 Å². The van der Waals surface area contributed by atoms with Gasteiger partial charge in [0.25, 0.3) is 5.91 Å². The van der Waals surface area contributed by atoms with Crippen molar-refractivity contribution in [3.8, 4) is 0 Å². The van der Waals surface area contributed by atoms with Crippen LogP contribution < -0.4 is 5.32 Å². The molecule has 2 N–H and O–H groups in total. The minimum Gasteiger partial charge on any atom is -0.351 e. The molecule has 33 heavy (non-hydrogen) atoms. The van der Waals surface area contributed by atoms with Gasteiger partial charge in [-0.3, -0.25) is 9.78 Å². The fourth-order valence-corrected chi connectivity index (χ4v) is 4.38. The van der Waals surface area contributed by atoms with E-state index in [1.807, 2.05) is 47.4 Å². The zero-order chi connectivity index (χ0) is 22.8. The van der Waals surface area contributed by atoms with Gasteiger partial charge in [-0.25, -0.2) is 9.98 Å². The van der Waals surface area contributed by atoms with E-state index in [1.54, 1.807) is 6.20 Å². The number of fused-ring (bicyclic) bond motifs is 1. The Balaban J connectivity index is 1.33. The number of carbonyl (C=O) groups is 1. The second kappa shape index (κ2) is 9.15. The third-order valence-electron chi connectivity index (χ3n) is 6.25. The summed E-state index contributed by atoms with van der Waals surface area (Å²) in [5, 5.41) is 4.32. The second-order valence-corrected chi connectivity index (χ2v) is 8.62. The van der Waals surface area contributed by atoms with Crippen LogP contribution in [0.15, 0.2) is 58.6 Å². The SMILES string of the molecule is CCN1CCN(C(=O)c2cc3cc(NC4=NC(C)CC(c5ccccn5)=N4)ccc3[nH]2)CC1. The molecule has 0 bridgehead atoms. The molecule has 0 radical (unpaired) electrons. The summed E-state index contributed by atoms with van der Waals surface area (Å²) < 4.78 is 0. The van der Waals surface area contributed by atoms with E-state index >= 15 is 0 Å². The highest BCUT2D eigenvalue weighted by Crippen LogP contribution is 2.22. The van der Waals surface area contributed by atoms with Crippen LogP contribution in [-0.4, -0.2) is 76.1 Å². The number of aliphatic imine (C=N–C) groups is 2. The van der Waals surface area contributed by atoms with Crippen molar-refractivity contribution in [2.45, 2.75) is 26.3 Å². The predicted octanol–water partition coefficient (Wildman–Crippen LogP) is 3.39. The monoisotopic (exact) mass is 443 g/mol. The number of nitrogens with one attached hydrogen (secondary N) is 2. The number of benzene rings is 1. The van der Waals surface area contributed by atoms with Gasteiger partial charge in [0.2, 0.25) is 5.96 Å². The summed E-state index contributed by atoms with van der Waals surface area (Å²) in [6, 6.07) is 13.9. The molecule has 1 saturated heterocycles. The summed E-state index contributed by atoms with van der Waals surface area (Å²) in [5.41, 5.74) is 4.26. The third kappa shape index (κ3) is 4.66. The zero-order valence-corrected chi connectivity index (χ0v) is 19.1. The van der Waals surface area contributed by atoms with E-state index in [9.17, 15) is 4.79 Å². The number of aromatic nitrogens is 2. The van der Waals surface area contributed by atoms with Crippen molar-refractivity contribution in [2.75, 3.05) is 38.0 Å². The third-order valence-corrected chi connectivity index (χ3v) is 6.25. The number of anilines is 1. The highest BCUT2D eigenvalue weighted by molar-refractivity contribution is 6.11. The molecule has 8 nitrogen and oxygen atoms in total. The molecule has 0 aliphatic carbocycles. The molecule has 2 aliphatic heterocycles. The van der Waals surface area contributed by atoms with E-state index in [1.165, 1.54) is 0 Å². The average Bonchev–Trinajstić information content (AvgIpc) is 3.27. The van der Waals surface area contributed by atoms with Crippen LogP contribution in [0.5, 0.6) is 0 Å². The van der Waals surface area contributed by atoms with Crippen molar-refractivity contribution in [2.24, 2.45) is 9.98 Å². The summed E-state index contributed by atoms with van der Waals surface area (Å²) in [6.07, 6.45) is 2.54. The highest BCUT2D eigenvalue weighted by Gasteiger charge is 2.23. The first-order valence-corrected chi connectivity index (χ1v) is 11.6. The highest BCUT2D eigenvalue weighted by atomic mass is 16.2. The lowest BCUT2D eigenvalue weighted by atomic mass is 10.1. The maximum Gasteiger partial charge on any atom is 0.270 e. The second-order valence-electron chi connectivity index (χ2n) is 8.62. The first-order chi connectivity index (χ1) is 16.1. The molecular formula is C25H29N7O. The Labute approximate surface area is 193 Å². The number of pyridine rings is 1. The lowest BCUT2D eigenvalue weighted by Gasteiger charge is -2.33. The molecule has 2 aromatic heterocycles. The van der Waals surface area contributed by atoms with Crippen molar-refractivity contribution in [1.29, 1.82) is 0 Å². The van der Waals surface area contributed by atoms with Gasteiger partial charge in [0.15, 0.2) is 0 Å². The number of hydrogen-bond acceptors (Lipinski definition) is 6. The van der Waals surface area contributed by atoms with E-state index in [2.05, 4.69) is 39.0 Å². The standard InChI is InChI=1S/C25H29N7O/c1-3-31-10-12-32(13-11-31)24(33)23-16-18-15-19(7-8-20(18)29-23)28-25-27-17(2)14-22(30-25)21-6-4-5-9-26-21/h4-9,15-17,29H,3,10-14H2,1-2H3,(H,27,28). The lowest BCUT2D eigenvalue weighted by Crippen LogP contribution is -2.48. The topological polar surface area (TPSA) is 89.0 Å². The van der Waals surface area contributed by atoms with Gasteiger partial charge < -0.3 is 20.1 Å². The number of likely N-dealkylation sites (N-methyl/N-ethyl adjacent to an activating group) is 1. The molecular weight excluding hydrogens is 414 g/mol. The molecule has 1 aromatic carbocycles. The molecule has 1 amide bonds. The lowest BCUT2D eigenvalue weighted by molar-refractivity contribution is 0.0638. The first-order valence-electron chi connectivity index (χ1n) is 11.6. The minimum absolute atomic E-state index is 0.0616. The summed E-state index contributed by atoms with van der Waals surface area (Å²) in [4.78, 5) is 34.4. The van der Waals surface area contributed by atoms with Crippen molar-refractivity contribution < 1.29 is 4.79 Å². The van der Waals surface area contributed by atoms with Gasteiger partial charge in [0.05, 0.1) is 17.4 Å². The maximum atomic E-state index is 13.0. The molecule has 1 unspecified atom stereocenters. The van der Waals surface area contributed by atoms with Crippen LogP contribution in [0, 0.1) is 0 Å². The minimum atomic E-state index is 0.0616. The molecule has 5 rings (SSSR count). The van der Waals surface area contributed by atoms with Crippen LogP contribution in [0.1, 0.15) is 36.5 Å². The molecule has 0 saturated carbocycles. The maximum absolute atomic E-state index is 13.0. The van der Waals surface area contributed by atoms with E-state index in [4.69, 9.17) is 4.99 Å². The molecule has 1 fully saturated rings. The normalized spacial score (nSPS) is 19.3. The molecule has 8 heteroatoms. The molecule has 170 valence electrons. The van der Waals surface area contributed by atoms with Crippen LogP contribution in [-0.2, 0) is 0 Å². The van der Waals surface area contributed by atoms with Gasteiger partial charge in [-0.2, -0.15) is 0 Å². The average molecular weight is 444 g/mol. The largest absolute Gasteiger partial charge is 0.351 e. The van der Waals surface area contributed by atoms with E-state index in [0.717, 1.165) is 67.1 Å². The van der Waals surface area contributed by atoms with E-state index < -0.39 is 0 Å². The number of aromatic amines is 1. The van der Waals surface area contributed by atoms with E-state index in [0.29, 0.717) is 11.7 Å². The number of guanidine groups is 1. The number of nitrogens with zero attached hydrogens (tertiary/aromatic N) is 5. The van der Waals surface area contributed by atoms with Crippen LogP contribution in [0.4, 0.5) is 5.69 Å². The predicted molar refractivity (Wildman–Crippen MR) is 132 cm³/mol. The molecule has 4 heterocycles. The van der Waals surface area contributed by atoms with Crippen LogP contribution >= 0.6 is 0 Å². The van der Waals surface area contributed by atoms with Gasteiger partial charge in [0.1, 0.15) is 5.69 Å². The number of H-pyrrole nitrogens is 1. The fourth-order valence-electron chi connectivity index (χ4n) is 4.38. The summed E-state index contributed by atoms with van der Waals surface area (Å²) in [7, 11) is 0. The fraction of sp³-hybridized carbons (Fsp3) is 0.360. The Morgan fingerprint density at radius 3 is 2.76 bits per heavy atom. The molecule has 3 aromatic rings. The summed E-state index contributed by atoms with van der Waals surface area (Å²) in [5.74, 6) is 0.640. The van der Waals surface area contributed by atoms with Gasteiger partial charge in [-0.15, -0.1) is 0 Å². The molecule has 2 aliphatic rings. The van der Waals surface area contributed by atoms with Crippen LogP contribution in [0.2, 0.25) is 0 Å². The quantitative estimate of drug-likeness (QED) is 0.647. The van der Waals surface area contributed by atoms with Crippen molar-refractivity contribution in [3.63, 3.8) is 0 Å². The van der Waals surface area contributed by atoms with Gasteiger partial charge in [-0.05, 0) is 49.9 Å². The Kier molecular flexibility index (Phi) is 5.92. The number of piperazine rings is 1. The number of hydrogen-bond donors (Lipinski definition) is 2. The van der Waals surface area contributed by atoms with Gasteiger partial charge in [0, 0.05) is 55.4 Å². The number of amides is 1. The van der Waals surface area contributed by atoms with Gasteiger partial charge in [-0.1, -0.05) is 13.0 Å². The zero-order valence-electron chi connectivity index (χ0n) is 19.1. The summed E-state index contributed by atoms with van der Waals surface area (Å²) >= 11 is 0. The van der Waals surface area contributed by atoms with Crippen LogP contribution in [0.25, 0.3) is 10.9 Å².